The minimum absolute atomic E-state index is 0.0947. The smallest absolute Gasteiger partial charge is 0.239 e. The summed E-state index contributed by atoms with van der Waals surface area (Å²) in [5, 5.41) is 17.5. The Balaban J connectivity index is 1.37. The van der Waals surface area contributed by atoms with E-state index in [2.05, 4.69) is 15.5 Å². The van der Waals surface area contributed by atoms with Crippen molar-refractivity contribution >= 4 is 52.3 Å². The Morgan fingerprint density at radius 3 is 2.57 bits per heavy atom. The van der Waals surface area contributed by atoms with Crippen molar-refractivity contribution in [2.45, 2.75) is 11.7 Å². The normalized spacial score (nSPS) is 16.8. The first-order chi connectivity index (χ1) is 17.0. The highest BCUT2D eigenvalue weighted by Gasteiger charge is 2.30. The fourth-order valence-corrected chi connectivity index (χ4v) is 4.94. The average molecular weight is 520 g/mol. The third-order valence-electron chi connectivity index (χ3n) is 5.31. The zero-order valence-corrected chi connectivity index (χ0v) is 20.6. The first-order valence-corrected chi connectivity index (χ1v) is 12.4. The van der Waals surface area contributed by atoms with Gasteiger partial charge in [-0.25, -0.2) is 4.68 Å². The number of amides is 1. The molecule has 0 aliphatic carbocycles. The van der Waals surface area contributed by atoms with Crippen molar-refractivity contribution in [1.29, 1.82) is 0 Å². The molecule has 1 aliphatic heterocycles. The molecule has 174 valence electrons. The van der Waals surface area contributed by atoms with Crippen LogP contribution >= 0.6 is 35.0 Å². The minimum Gasteiger partial charge on any atom is -0.303 e. The zero-order valence-electron chi connectivity index (χ0n) is 18.3. The number of benzene rings is 3. The van der Waals surface area contributed by atoms with Crippen LogP contribution in [0.1, 0.15) is 11.1 Å². The van der Waals surface area contributed by atoms with E-state index >= 15 is 0 Å². The summed E-state index contributed by atoms with van der Waals surface area (Å²) in [5.74, 6) is -0.0947. The topological polar surface area (TPSA) is 71.6 Å². The van der Waals surface area contributed by atoms with Crippen molar-refractivity contribution in [2.75, 3.05) is 0 Å². The molecule has 0 saturated carbocycles. The van der Waals surface area contributed by atoms with E-state index < -0.39 is 0 Å². The Morgan fingerprint density at radius 1 is 1.00 bits per heavy atom. The van der Waals surface area contributed by atoms with Crippen LogP contribution in [0.4, 0.5) is 0 Å². The van der Waals surface area contributed by atoms with Gasteiger partial charge in [-0.15, -0.1) is 5.10 Å². The van der Waals surface area contributed by atoms with Crippen molar-refractivity contribution in [3.05, 3.63) is 106 Å². The van der Waals surface area contributed by atoms with E-state index in [-0.39, 0.29) is 11.2 Å². The highest BCUT2D eigenvalue weighted by Crippen LogP contribution is 2.26. The molecule has 0 spiro atoms. The molecule has 1 amide bonds. The Bertz CT molecular complexity index is 1420. The van der Waals surface area contributed by atoms with Gasteiger partial charge in [0.1, 0.15) is 5.69 Å². The van der Waals surface area contributed by atoms with Gasteiger partial charge in [-0.3, -0.25) is 4.79 Å². The SMILES string of the molecule is O=C1N/C(=N\N=C\c2cn(-c3ccccc3)nc2-c2ccc(Cl)cc2)SC1Cc1cccc(Cl)c1. The number of hydrogen-bond acceptors (Lipinski definition) is 5. The maximum Gasteiger partial charge on any atom is 0.239 e. The van der Waals surface area contributed by atoms with Gasteiger partial charge in [-0.05, 0) is 48.4 Å². The quantitative estimate of drug-likeness (QED) is 0.250. The predicted octanol–water partition coefficient (Wildman–Crippen LogP) is 6.01. The van der Waals surface area contributed by atoms with E-state index in [1.54, 1.807) is 10.9 Å². The summed E-state index contributed by atoms with van der Waals surface area (Å²) in [6, 6.07) is 24.8. The monoisotopic (exact) mass is 519 g/mol. The van der Waals surface area contributed by atoms with Crippen LogP contribution in [-0.2, 0) is 11.2 Å². The second-order valence-corrected chi connectivity index (χ2v) is 9.86. The van der Waals surface area contributed by atoms with E-state index in [1.807, 2.05) is 85.1 Å². The summed E-state index contributed by atoms with van der Waals surface area (Å²) >= 11 is 13.5. The largest absolute Gasteiger partial charge is 0.303 e. The minimum atomic E-state index is -0.284. The maximum absolute atomic E-state index is 12.4. The Kier molecular flexibility index (Phi) is 6.99. The second-order valence-electron chi connectivity index (χ2n) is 7.80. The predicted molar refractivity (Wildman–Crippen MR) is 144 cm³/mol. The van der Waals surface area contributed by atoms with Crippen molar-refractivity contribution in [3.8, 4) is 16.9 Å². The average Bonchev–Trinajstić information content (AvgIpc) is 3.44. The number of carbonyl (C=O) groups is 1. The molecule has 1 unspecified atom stereocenters. The Labute approximate surface area is 216 Å². The standard InChI is InChI=1S/C26H19Cl2N5OS/c27-20-11-9-18(10-12-20)24-19(16-33(32-24)22-7-2-1-3-8-22)15-29-31-26-30-25(34)23(35-26)14-17-5-4-6-21(28)13-17/h1-13,15-16,23H,14H2,(H,30,31,34)/b29-15+. The number of para-hydroxylation sites is 1. The molecule has 2 heterocycles. The van der Waals surface area contributed by atoms with Crippen LogP contribution < -0.4 is 5.32 Å². The summed E-state index contributed by atoms with van der Waals surface area (Å²) in [6.45, 7) is 0. The number of rotatable bonds is 6. The van der Waals surface area contributed by atoms with Gasteiger partial charge >= 0.3 is 0 Å². The van der Waals surface area contributed by atoms with Gasteiger partial charge in [0.25, 0.3) is 0 Å². The summed E-state index contributed by atoms with van der Waals surface area (Å²) < 4.78 is 1.80. The highest BCUT2D eigenvalue weighted by atomic mass is 35.5. The van der Waals surface area contributed by atoms with Crippen LogP contribution in [0, 0.1) is 0 Å². The Morgan fingerprint density at radius 2 is 1.80 bits per heavy atom. The van der Waals surface area contributed by atoms with E-state index in [4.69, 9.17) is 28.3 Å². The molecule has 35 heavy (non-hydrogen) atoms. The van der Waals surface area contributed by atoms with E-state index in [0.717, 1.165) is 28.1 Å². The number of nitrogens with zero attached hydrogens (tertiary/aromatic N) is 4. The number of nitrogens with one attached hydrogen (secondary N) is 1. The molecule has 1 fully saturated rings. The summed E-state index contributed by atoms with van der Waals surface area (Å²) in [6.07, 6.45) is 4.09. The Hall–Kier alpha value is -3.39. The van der Waals surface area contributed by atoms with Crippen molar-refractivity contribution in [2.24, 2.45) is 10.2 Å². The van der Waals surface area contributed by atoms with Crippen LogP contribution in [0.3, 0.4) is 0 Å². The van der Waals surface area contributed by atoms with E-state index in [9.17, 15) is 4.79 Å². The fourth-order valence-electron chi connectivity index (χ4n) is 3.63. The highest BCUT2D eigenvalue weighted by molar-refractivity contribution is 8.15. The van der Waals surface area contributed by atoms with Gasteiger partial charge in [-0.2, -0.15) is 10.2 Å². The van der Waals surface area contributed by atoms with Crippen molar-refractivity contribution in [3.63, 3.8) is 0 Å². The lowest BCUT2D eigenvalue weighted by atomic mass is 10.1. The van der Waals surface area contributed by atoms with E-state index in [1.165, 1.54) is 11.8 Å². The second kappa shape index (κ2) is 10.5. The van der Waals surface area contributed by atoms with Gasteiger partial charge in [0, 0.05) is 27.4 Å². The maximum atomic E-state index is 12.4. The van der Waals surface area contributed by atoms with Gasteiger partial charge in [0.05, 0.1) is 17.2 Å². The number of thioether (sulfide) groups is 1. The first-order valence-electron chi connectivity index (χ1n) is 10.8. The van der Waals surface area contributed by atoms with Crippen LogP contribution in [-0.4, -0.2) is 32.3 Å². The van der Waals surface area contributed by atoms with Gasteiger partial charge in [0.2, 0.25) is 5.91 Å². The van der Waals surface area contributed by atoms with Crippen molar-refractivity contribution in [1.82, 2.24) is 15.1 Å². The lowest BCUT2D eigenvalue weighted by Crippen LogP contribution is -2.25. The summed E-state index contributed by atoms with van der Waals surface area (Å²) in [7, 11) is 0. The molecule has 1 N–H and O–H groups in total. The lowest BCUT2D eigenvalue weighted by Gasteiger charge is -2.05. The molecular weight excluding hydrogens is 501 g/mol. The molecule has 4 aromatic rings. The number of amidine groups is 1. The van der Waals surface area contributed by atoms with Crippen molar-refractivity contribution < 1.29 is 4.79 Å². The third-order valence-corrected chi connectivity index (χ3v) is 6.87. The summed E-state index contributed by atoms with van der Waals surface area (Å²) in [5.41, 5.74) is 4.36. The van der Waals surface area contributed by atoms with Crippen LogP contribution in [0.2, 0.25) is 10.0 Å². The third kappa shape index (κ3) is 5.65. The fraction of sp³-hybridized carbons (Fsp3) is 0.0769. The number of aromatic nitrogens is 2. The molecule has 5 rings (SSSR count). The van der Waals surface area contributed by atoms with Crippen LogP contribution in [0.5, 0.6) is 0 Å². The molecule has 0 radical (unpaired) electrons. The van der Waals surface area contributed by atoms with Crippen LogP contribution in [0.15, 0.2) is 95.3 Å². The van der Waals surface area contributed by atoms with Crippen LogP contribution in [0.25, 0.3) is 16.9 Å². The molecule has 3 aromatic carbocycles. The first kappa shape index (κ1) is 23.4. The molecule has 6 nitrogen and oxygen atoms in total. The molecule has 1 saturated heterocycles. The number of carbonyl (C=O) groups excluding carboxylic acids is 1. The lowest BCUT2D eigenvalue weighted by molar-refractivity contribution is -0.118. The molecule has 1 atom stereocenters. The van der Waals surface area contributed by atoms with E-state index in [0.29, 0.717) is 21.6 Å². The van der Waals surface area contributed by atoms with Gasteiger partial charge < -0.3 is 5.32 Å². The number of halogens is 2. The molecular formula is C26H19Cl2N5OS. The summed E-state index contributed by atoms with van der Waals surface area (Å²) in [4.78, 5) is 12.4. The number of hydrogen-bond donors (Lipinski definition) is 1. The molecule has 1 aromatic heterocycles. The van der Waals surface area contributed by atoms with Gasteiger partial charge in [0.15, 0.2) is 5.17 Å². The van der Waals surface area contributed by atoms with Gasteiger partial charge in [-0.1, -0.05) is 77.4 Å². The molecule has 1 aliphatic rings. The molecule has 9 heteroatoms. The molecule has 0 bridgehead atoms. The zero-order chi connectivity index (χ0) is 24.2.